The molecule has 1 N–H and O–H groups in total. The monoisotopic (exact) mass is 420 g/mol. The van der Waals surface area contributed by atoms with E-state index >= 15 is 0 Å². The second-order valence-corrected chi connectivity index (χ2v) is 9.83. The topological polar surface area (TPSA) is 59.1 Å². The average molecular weight is 421 g/mol. The number of aromatic nitrogens is 1. The molecule has 5 heteroatoms. The predicted molar refractivity (Wildman–Crippen MR) is 125 cm³/mol. The lowest BCUT2D eigenvalue weighted by molar-refractivity contribution is 0.560. The normalized spacial score (nSPS) is 11.8. The van der Waals surface area contributed by atoms with Crippen molar-refractivity contribution in [1.29, 1.82) is 0 Å². The number of nitrogens with one attached hydrogen (secondary N) is 1. The first-order chi connectivity index (χ1) is 14.4. The molecule has 0 saturated heterocycles. The van der Waals surface area contributed by atoms with Gasteiger partial charge in [-0.05, 0) is 72.9 Å². The van der Waals surface area contributed by atoms with Gasteiger partial charge in [0.1, 0.15) is 0 Å². The molecule has 4 nitrogen and oxygen atoms in total. The third kappa shape index (κ3) is 6.56. The number of sulfone groups is 1. The molecule has 30 heavy (non-hydrogen) atoms. The van der Waals surface area contributed by atoms with Crippen LogP contribution in [0.4, 0.5) is 11.4 Å². The maximum Gasteiger partial charge on any atom is 0.178 e. The summed E-state index contributed by atoms with van der Waals surface area (Å²) in [4.78, 5) is 4.64. The zero-order valence-corrected chi connectivity index (χ0v) is 18.3. The van der Waals surface area contributed by atoms with Crippen LogP contribution < -0.4 is 5.32 Å². The Labute approximate surface area is 179 Å². The van der Waals surface area contributed by atoms with E-state index in [0.717, 1.165) is 29.1 Å². The van der Waals surface area contributed by atoms with E-state index in [9.17, 15) is 8.42 Å². The van der Waals surface area contributed by atoms with E-state index in [1.807, 2.05) is 60.7 Å². The van der Waals surface area contributed by atoms with Gasteiger partial charge in [-0.1, -0.05) is 44.2 Å². The number of hydrogen-bond acceptors (Lipinski definition) is 4. The van der Waals surface area contributed by atoms with E-state index in [-0.39, 0.29) is 5.75 Å². The van der Waals surface area contributed by atoms with Gasteiger partial charge in [0.2, 0.25) is 0 Å². The Balaban J connectivity index is 1.65. The highest BCUT2D eigenvalue weighted by molar-refractivity contribution is 7.91. The molecule has 0 unspecified atom stereocenters. The lowest BCUT2D eigenvalue weighted by Crippen LogP contribution is -2.08. The number of nitrogens with zero attached hydrogens (tertiary/aromatic N) is 1. The highest BCUT2D eigenvalue weighted by atomic mass is 32.2. The zero-order valence-electron chi connectivity index (χ0n) is 17.5. The number of pyridine rings is 1. The minimum Gasteiger partial charge on any atom is -0.355 e. The summed E-state index contributed by atoms with van der Waals surface area (Å²) < 4.78 is 25.2. The van der Waals surface area contributed by atoms with Crippen molar-refractivity contribution in [3.05, 3.63) is 84.2 Å². The van der Waals surface area contributed by atoms with Crippen LogP contribution in [-0.2, 0) is 9.84 Å². The van der Waals surface area contributed by atoms with E-state index in [4.69, 9.17) is 0 Å². The van der Waals surface area contributed by atoms with Gasteiger partial charge in [0.25, 0.3) is 0 Å². The van der Waals surface area contributed by atoms with Gasteiger partial charge in [-0.3, -0.25) is 4.98 Å². The van der Waals surface area contributed by atoms with Gasteiger partial charge >= 0.3 is 0 Å². The predicted octanol–water partition coefficient (Wildman–Crippen LogP) is 6.21. The van der Waals surface area contributed by atoms with E-state index < -0.39 is 9.84 Å². The standard InChI is InChI=1S/C25H28N2O2S/c1-20(2)7-6-18-30(28,29)25-10-5-9-24(19-25)27-23-15-12-21(13-16-23)11-14-22-8-3-4-17-26-22/h3-5,8-17,19-20,27H,6-7,18H2,1-2H3/b14-11+. The van der Waals surface area contributed by atoms with Crippen LogP contribution in [0.3, 0.4) is 0 Å². The van der Waals surface area contributed by atoms with E-state index in [1.54, 1.807) is 24.4 Å². The van der Waals surface area contributed by atoms with Crippen molar-refractivity contribution in [1.82, 2.24) is 4.98 Å². The summed E-state index contributed by atoms with van der Waals surface area (Å²) in [6.07, 6.45) is 7.35. The fourth-order valence-corrected chi connectivity index (χ4v) is 4.44. The lowest BCUT2D eigenvalue weighted by atomic mass is 10.1. The van der Waals surface area contributed by atoms with Crippen molar-refractivity contribution < 1.29 is 8.42 Å². The quantitative estimate of drug-likeness (QED) is 0.447. The fourth-order valence-electron chi connectivity index (χ4n) is 3.07. The first-order valence-corrected chi connectivity index (χ1v) is 11.9. The van der Waals surface area contributed by atoms with Gasteiger partial charge in [0.05, 0.1) is 16.3 Å². The smallest absolute Gasteiger partial charge is 0.178 e. The second-order valence-electron chi connectivity index (χ2n) is 7.72. The van der Waals surface area contributed by atoms with Crippen molar-refractivity contribution >= 4 is 33.4 Å². The Morgan fingerprint density at radius 1 is 0.933 bits per heavy atom. The fraction of sp³-hybridized carbons (Fsp3) is 0.240. The molecule has 0 aliphatic rings. The summed E-state index contributed by atoms with van der Waals surface area (Å²) >= 11 is 0. The third-order valence-corrected chi connectivity index (χ3v) is 6.52. The van der Waals surface area contributed by atoms with Crippen LogP contribution in [0.2, 0.25) is 0 Å². The van der Waals surface area contributed by atoms with Crippen molar-refractivity contribution in [2.45, 2.75) is 31.6 Å². The summed E-state index contributed by atoms with van der Waals surface area (Å²) in [6.45, 7) is 4.22. The van der Waals surface area contributed by atoms with E-state index in [1.165, 1.54) is 0 Å². The van der Waals surface area contributed by atoms with Crippen LogP contribution >= 0.6 is 0 Å². The van der Waals surface area contributed by atoms with Gasteiger partial charge in [0.15, 0.2) is 9.84 Å². The van der Waals surface area contributed by atoms with Crippen LogP contribution in [0.1, 0.15) is 37.9 Å². The van der Waals surface area contributed by atoms with Crippen LogP contribution in [0, 0.1) is 5.92 Å². The maximum absolute atomic E-state index is 12.6. The zero-order chi connectivity index (χ0) is 21.4. The largest absolute Gasteiger partial charge is 0.355 e. The van der Waals surface area contributed by atoms with Crippen molar-refractivity contribution in [2.24, 2.45) is 5.92 Å². The van der Waals surface area contributed by atoms with Gasteiger partial charge < -0.3 is 5.32 Å². The molecule has 0 aliphatic heterocycles. The van der Waals surface area contributed by atoms with Gasteiger partial charge in [0, 0.05) is 17.6 Å². The molecule has 0 fully saturated rings. The minimum atomic E-state index is -3.27. The summed E-state index contributed by atoms with van der Waals surface area (Å²) in [5.74, 6) is 0.696. The molecule has 2 aromatic carbocycles. The van der Waals surface area contributed by atoms with E-state index in [2.05, 4.69) is 24.1 Å². The molecule has 3 rings (SSSR count). The first-order valence-electron chi connectivity index (χ1n) is 10.2. The second kappa shape index (κ2) is 10.2. The highest BCUT2D eigenvalue weighted by Crippen LogP contribution is 2.22. The van der Waals surface area contributed by atoms with Crippen molar-refractivity contribution in [3.63, 3.8) is 0 Å². The van der Waals surface area contributed by atoms with Crippen LogP contribution in [0.5, 0.6) is 0 Å². The van der Waals surface area contributed by atoms with Crippen LogP contribution in [0.15, 0.2) is 77.8 Å². The lowest BCUT2D eigenvalue weighted by Gasteiger charge is -2.10. The van der Waals surface area contributed by atoms with Crippen LogP contribution in [-0.4, -0.2) is 19.2 Å². The first kappa shape index (κ1) is 21.8. The third-order valence-electron chi connectivity index (χ3n) is 4.72. The maximum atomic E-state index is 12.6. The SMILES string of the molecule is CC(C)CCCS(=O)(=O)c1cccc(Nc2ccc(/C=C/c3ccccn3)cc2)c1. The molecule has 0 saturated carbocycles. The number of hydrogen-bond donors (Lipinski definition) is 1. The van der Waals surface area contributed by atoms with Crippen LogP contribution in [0.25, 0.3) is 12.2 Å². The van der Waals surface area contributed by atoms with Gasteiger partial charge in [-0.15, -0.1) is 0 Å². The van der Waals surface area contributed by atoms with Crippen molar-refractivity contribution in [3.8, 4) is 0 Å². The molecule has 1 heterocycles. The van der Waals surface area contributed by atoms with Gasteiger partial charge in [-0.25, -0.2) is 8.42 Å². The summed E-state index contributed by atoms with van der Waals surface area (Å²) in [5, 5.41) is 3.29. The molecule has 0 radical (unpaired) electrons. The molecule has 0 atom stereocenters. The average Bonchev–Trinajstić information content (AvgIpc) is 2.74. The minimum absolute atomic E-state index is 0.186. The molecule has 0 amide bonds. The molecule has 0 bridgehead atoms. The van der Waals surface area contributed by atoms with Gasteiger partial charge in [-0.2, -0.15) is 0 Å². The Hall–Kier alpha value is -2.92. The Kier molecular flexibility index (Phi) is 7.41. The number of rotatable bonds is 9. The molecule has 0 spiro atoms. The summed E-state index contributed by atoms with van der Waals surface area (Å²) in [7, 11) is -3.27. The molecular weight excluding hydrogens is 392 g/mol. The molecule has 3 aromatic rings. The van der Waals surface area contributed by atoms with E-state index in [0.29, 0.717) is 17.2 Å². The summed E-state index contributed by atoms with van der Waals surface area (Å²) in [6, 6.07) is 20.8. The highest BCUT2D eigenvalue weighted by Gasteiger charge is 2.15. The Bertz CT molecular complexity index is 1070. The Morgan fingerprint density at radius 2 is 1.73 bits per heavy atom. The molecular formula is C25H28N2O2S. The van der Waals surface area contributed by atoms with Crippen molar-refractivity contribution in [2.75, 3.05) is 11.1 Å². The Morgan fingerprint density at radius 3 is 2.43 bits per heavy atom. The number of benzene rings is 2. The molecule has 0 aliphatic carbocycles. The molecule has 1 aromatic heterocycles. The number of anilines is 2. The molecule has 156 valence electrons. The summed E-state index contributed by atoms with van der Waals surface area (Å²) in [5.41, 5.74) is 3.63.